The van der Waals surface area contributed by atoms with Crippen LogP contribution in [0.25, 0.3) is 0 Å². The zero-order valence-corrected chi connectivity index (χ0v) is 13.4. The SMILES string of the molecule is CCCCC(CC)CNC1CC(C#N)(c2ccccc2)C1. The van der Waals surface area contributed by atoms with Crippen LogP contribution in [0.5, 0.6) is 0 Å². The number of unbranched alkanes of at least 4 members (excludes halogenated alkanes) is 1. The van der Waals surface area contributed by atoms with Crippen molar-refractivity contribution in [2.24, 2.45) is 5.92 Å². The standard InChI is InChI=1S/C19H28N2/c1-3-5-9-16(4-2)14-21-18-12-19(13-18,15-20)17-10-7-6-8-11-17/h6-8,10-11,16,18,21H,3-5,9,12-14H2,1-2H3. The average molecular weight is 284 g/mol. The zero-order chi connectivity index (χ0) is 15.1. The summed E-state index contributed by atoms with van der Waals surface area (Å²) in [6, 6.07) is 13.3. The lowest BCUT2D eigenvalue weighted by Gasteiger charge is -2.44. The van der Waals surface area contributed by atoms with E-state index in [-0.39, 0.29) is 5.41 Å². The van der Waals surface area contributed by atoms with Crippen LogP contribution < -0.4 is 5.32 Å². The summed E-state index contributed by atoms with van der Waals surface area (Å²) in [5, 5.41) is 13.3. The Balaban J connectivity index is 1.81. The first-order valence-electron chi connectivity index (χ1n) is 8.44. The Labute approximate surface area is 129 Å². The number of rotatable bonds is 8. The van der Waals surface area contributed by atoms with E-state index in [1.807, 2.05) is 18.2 Å². The second kappa shape index (κ2) is 7.61. The lowest BCUT2D eigenvalue weighted by atomic mass is 9.62. The molecule has 1 atom stereocenters. The van der Waals surface area contributed by atoms with Gasteiger partial charge in [-0.05, 0) is 37.3 Å². The Morgan fingerprint density at radius 1 is 1.29 bits per heavy atom. The molecule has 1 N–H and O–H groups in total. The maximum atomic E-state index is 9.57. The van der Waals surface area contributed by atoms with Gasteiger partial charge in [0.1, 0.15) is 0 Å². The van der Waals surface area contributed by atoms with E-state index in [0.29, 0.717) is 6.04 Å². The van der Waals surface area contributed by atoms with Gasteiger partial charge in [0, 0.05) is 6.04 Å². The van der Waals surface area contributed by atoms with Gasteiger partial charge >= 0.3 is 0 Å². The fourth-order valence-corrected chi connectivity index (χ4v) is 3.35. The molecule has 0 saturated heterocycles. The highest BCUT2D eigenvalue weighted by Gasteiger charge is 2.45. The van der Waals surface area contributed by atoms with E-state index in [1.54, 1.807) is 0 Å². The largest absolute Gasteiger partial charge is 0.314 e. The van der Waals surface area contributed by atoms with E-state index in [0.717, 1.165) is 25.3 Å². The number of hydrogen-bond acceptors (Lipinski definition) is 2. The second-order valence-electron chi connectivity index (χ2n) is 6.49. The lowest BCUT2D eigenvalue weighted by Crippen LogP contribution is -2.51. The first kappa shape index (κ1) is 16.0. The Morgan fingerprint density at radius 3 is 2.57 bits per heavy atom. The Kier molecular flexibility index (Phi) is 5.82. The third-order valence-corrected chi connectivity index (χ3v) is 4.97. The van der Waals surface area contributed by atoms with E-state index in [4.69, 9.17) is 0 Å². The summed E-state index contributed by atoms with van der Waals surface area (Å²) in [6.07, 6.45) is 7.11. The zero-order valence-electron chi connectivity index (χ0n) is 13.4. The molecule has 0 bridgehead atoms. The third kappa shape index (κ3) is 3.86. The van der Waals surface area contributed by atoms with Crippen molar-refractivity contribution in [3.8, 4) is 6.07 Å². The molecule has 0 radical (unpaired) electrons. The van der Waals surface area contributed by atoms with Crippen LogP contribution in [0.2, 0.25) is 0 Å². The normalized spacial score (nSPS) is 25.9. The van der Waals surface area contributed by atoms with E-state index in [9.17, 15) is 5.26 Å². The van der Waals surface area contributed by atoms with E-state index in [1.165, 1.54) is 31.2 Å². The number of nitrogens with one attached hydrogen (secondary N) is 1. The van der Waals surface area contributed by atoms with Crippen LogP contribution in [0.1, 0.15) is 57.9 Å². The van der Waals surface area contributed by atoms with Crippen LogP contribution in [0.4, 0.5) is 0 Å². The molecule has 1 fully saturated rings. The van der Waals surface area contributed by atoms with Crippen molar-refractivity contribution in [2.45, 2.75) is 63.8 Å². The molecular formula is C19H28N2. The van der Waals surface area contributed by atoms with Gasteiger partial charge in [0.25, 0.3) is 0 Å². The predicted molar refractivity (Wildman–Crippen MR) is 88.1 cm³/mol. The number of nitriles is 1. The van der Waals surface area contributed by atoms with Gasteiger partial charge in [-0.1, -0.05) is 63.4 Å². The molecule has 2 nitrogen and oxygen atoms in total. The summed E-state index contributed by atoms with van der Waals surface area (Å²) in [4.78, 5) is 0. The van der Waals surface area contributed by atoms with Crippen LogP contribution in [-0.2, 0) is 5.41 Å². The van der Waals surface area contributed by atoms with Gasteiger partial charge < -0.3 is 5.32 Å². The van der Waals surface area contributed by atoms with Crippen molar-refractivity contribution in [2.75, 3.05) is 6.54 Å². The molecule has 2 heteroatoms. The molecular weight excluding hydrogens is 256 g/mol. The Hall–Kier alpha value is -1.33. The molecule has 0 spiro atoms. The fraction of sp³-hybridized carbons (Fsp3) is 0.632. The molecule has 0 heterocycles. The molecule has 0 aromatic heterocycles. The van der Waals surface area contributed by atoms with Crippen LogP contribution in [-0.4, -0.2) is 12.6 Å². The van der Waals surface area contributed by atoms with Gasteiger partial charge in [-0.3, -0.25) is 0 Å². The minimum atomic E-state index is -0.246. The van der Waals surface area contributed by atoms with Crippen molar-refractivity contribution in [1.82, 2.24) is 5.32 Å². The van der Waals surface area contributed by atoms with Crippen LogP contribution in [0.3, 0.4) is 0 Å². The maximum absolute atomic E-state index is 9.57. The van der Waals surface area contributed by atoms with Crippen molar-refractivity contribution >= 4 is 0 Å². The number of hydrogen-bond donors (Lipinski definition) is 1. The second-order valence-corrected chi connectivity index (χ2v) is 6.49. The third-order valence-electron chi connectivity index (χ3n) is 4.97. The predicted octanol–water partition coefficient (Wildman–Crippen LogP) is 4.42. The first-order valence-corrected chi connectivity index (χ1v) is 8.44. The topological polar surface area (TPSA) is 35.8 Å². The van der Waals surface area contributed by atoms with E-state index < -0.39 is 0 Å². The highest BCUT2D eigenvalue weighted by Crippen LogP contribution is 2.43. The van der Waals surface area contributed by atoms with Gasteiger partial charge in [0.15, 0.2) is 0 Å². The van der Waals surface area contributed by atoms with Gasteiger partial charge in [-0.15, -0.1) is 0 Å². The van der Waals surface area contributed by atoms with Crippen LogP contribution >= 0.6 is 0 Å². The highest BCUT2D eigenvalue weighted by molar-refractivity contribution is 5.36. The molecule has 114 valence electrons. The maximum Gasteiger partial charge on any atom is 0.0852 e. The molecule has 1 saturated carbocycles. The summed E-state index contributed by atoms with van der Waals surface area (Å²) < 4.78 is 0. The Morgan fingerprint density at radius 2 is 2.00 bits per heavy atom. The van der Waals surface area contributed by atoms with Gasteiger partial charge in [-0.25, -0.2) is 0 Å². The minimum absolute atomic E-state index is 0.246. The molecule has 21 heavy (non-hydrogen) atoms. The van der Waals surface area contributed by atoms with Crippen molar-refractivity contribution in [3.05, 3.63) is 35.9 Å². The smallest absolute Gasteiger partial charge is 0.0852 e. The molecule has 2 rings (SSSR count). The van der Waals surface area contributed by atoms with Crippen LogP contribution in [0.15, 0.2) is 30.3 Å². The van der Waals surface area contributed by atoms with E-state index in [2.05, 4.69) is 37.4 Å². The summed E-state index contributed by atoms with van der Waals surface area (Å²) in [5.74, 6) is 0.791. The fourth-order valence-electron chi connectivity index (χ4n) is 3.35. The highest BCUT2D eigenvalue weighted by atomic mass is 14.9. The molecule has 0 amide bonds. The van der Waals surface area contributed by atoms with Crippen LogP contribution in [0, 0.1) is 17.2 Å². The molecule has 1 aliphatic carbocycles. The number of nitrogens with zero attached hydrogens (tertiary/aromatic N) is 1. The summed E-state index contributed by atoms with van der Waals surface area (Å²) in [5.41, 5.74) is 0.938. The molecule has 1 aromatic carbocycles. The average Bonchev–Trinajstić information content (AvgIpc) is 2.50. The molecule has 1 unspecified atom stereocenters. The molecule has 0 aliphatic heterocycles. The van der Waals surface area contributed by atoms with Crippen molar-refractivity contribution < 1.29 is 0 Å². The van der Waals surface area contributed by atoms with Gasteiger partial charge in [-0.2, -0.15) is 5.26 Å². The quantitative estimate of drug-likeness (QED) is 0.767. The first-order chi connectivity index (χ1) is 10.2. The van der Waals surface area contributed by atoms with Gasteiger partial charge in [0.2, 0.25) is 0 Å². The number of benzene rings is 1. The monoisotopic (exact) mass is 284 g/mol. The summed E-state index contributed by atoms with van der Waals surface area (Å²) in [7, 11) is 0. The molecule has 1 aliphatic rings. The van der Waals surface area contributed by atoms with E-state index >= 15 is 0 Å². The minimum Gasteiger partial charge on any atom is -0.314 e. The lowest BCUT2D eigenvalue weighted by molar-refractivity contribution is 0.215. The molecule has 1 aromatic rings. The van der Waals surface area contributed by atoms with Crippen molar-refractivity contribution in [1.29, 1.82) is 5.26 Å². The summed E-state index contributed by atoms with van der Waals surface area (Å²) in [6.45, 7) is 5.65. The Bertz CT molecular complexity index is 454. The van der Waals surface area contributed by atoms with Gasteiger partial charge in [0.05, 0.1) is 11.5 Å². The summed E-state index contributed by atoms with van der Waals surface area (Å²) >= 11 is 0. The van der Waals surface area contributed by atoms with Crippen molar-refractivity contribution in [3.63, 3.8) is 0 Å².